The van der Waals surface area contributed by atoms with Crippen molar-refractivity contribution in [1.82, 2.24) is 0 Å². The summed E-state index contributed by atoms with van der Waals surface area (Å²) in [6, 6.07) is 0. The van der Waals surface area contributed by atoms with Gasteiger partial charge in [-0.15, -0.1) is 0 Å². The summed E-state index contributed by atoms with van der Waals surface area (Å²) in [5.41, 5.74) is 0.979. The zero-order valence-electron chi connectivity index (χ0n) is 15.3. The Morgan fingerprint density at radius 1 is 1.24 bits per heavy atom. The fourth-order valence-corrected chi connectivity index (χ4v) is 7.33. The third-order valence-electron chi connectivity index (χ3n) is 8.44. The number of allylic oxidation sites excluding steroid dienone is 1. The Balaban J connectivity index is 1.70. The lowest BCUT2D eigenvalue weighted by molar-refractivity contribution is -0.146. The van der Waals surface area contributed by atoms with Crippen LogP contribution in [0, 0.1) is 34.5 Å². The van der Waals surface area contributed by atoms with E-state index in [0.29, 0.717) is 24.7 Å². The van der Waals surface area contributed by atoms with Crippen LogP contribution >= 0.6 is 0 Å². The molecule has 0 aromatic rings. The Bertz CT molecular complexity index is 638. The molecule has 0 amide bonds. The Labute approximate surface area is 149 Å². The van der Waals surface area contributed by atoms with Gasteiger partial charge in [0.15, 0.2) is 11.6 Å². The maximum Gasteiger partial charge on any atom is 0.161 e. The monoisotopic (exact) mass is 346 g/mol. The maximum atomic E-state index is 12.3. The van der Waals surface area contributed by atoms with Gasteiger partial charge in [-0.3, -0.25) is 9.59 Å². The summed E-state index contributed by atoms with van der Waals surface area (Å²) in [6.07, 6.45) is 7.32. The van der Waals surface area contributed by atoms with Gasteiger partial charge in [-0.2, -0.15) is 0 Å². The van der Waals surface area contributed by atoms with Crippen LogP contribution in [0.5, 0.6) is 0 Å². The van der Waals surface area contributed by atoms with E-state index in [4.69, 9.17) is 0 Å². The molecule has 0 spiro atoms. The van der Waals surface area contributed by atoms with E-state index in [2.05, 4.69) is 13.8 Å². The Morgan fingerprint density at radius 2 is 2.00 bits per heavy atom. The highest BCUT2D eigenvalue weighted by Crippen LogP contribution is 2.66. The van der Waals surface area contributed by atoms with Crippen LogP contribution in [0.3, 0.4) is 0 Å². The molecular weight excluding hydrogens is 316 g/mol. The zero-order valence-corrected chi connectivity index (χ0v) is 15.3. The summed E-state index contributed by atoms with van der Waals surface area (Å²) in [7, 11) is 0. The molecule has 3 fully saturated rings. The number of fused-ring (bicyclic) bond motifs is 5. The fraction of sp³-hybridized carbons (Fsp3) is 0.810. The van der Waals surface area contributed by atoms with Crippen LogP contribution in [0.25, 0.3) is 0 Å². The van der Waals surface area contributed by atoms with E-state index in [-0.39, 0.29) is 40.8 Å². The SMILES string of the molecule is CC12CCC(=O)C=C1CCC1C2[C@@H](O)CC2(C)C(C(=O)CO)CCC12. The van der Waals surface area contributed by atoms with Gasteiger partial charge in [0.1, 0.15) is 6.61 Å². The molecule has 2 N–H and O–H groups in total. The molecule has 0 aromatic heterocycles. The zero-order chi connectivity index (χ0) is 18.0. The number of aliphatic hydroxyl groups is 2. The normalized spacial score (nSPS) is 49.0. The average molecular weight is 346 g/mol. The van der Waals surface area contributed by atoms with Crippen molar-refractivity contribution in [2.45, 2.75) is 64.9 Å². The Morgan fingerprint density at radius 3 is 2.72 bits per heavy atom. The second kappa shape index (κ2) is 5.75. The van der Waals surface area contributed by atoms with Crippen molar-refractivity contribution in [3.8, 4) is 0 Å². The van der Waals surface area contributed by atoms with Crippen molar-refractivity contribution in [3.63, 3.8) is 0 Å². The summed E-state index contributed by atoms with van der Waals surface area (Å²) in [5, 5.41) is 20.5. The second-order valence-electron chi connectivity index (χ2n) is 9.42. The van der Waals surface area contributed by atoms with Crippen LogP contribution in [0.2, 0.25) is 0 Å². The minimum atomic E-state index is -0.430. The van der Waals surface area contributed by atoms with Gasteiger partial charge in [0.25, 0.3) is 0 Å². The Hall–Kier alpha value is -1.00. The van der Waals surface area contributed by atoms with Gasteiger partial charge in [-0.05, 0) is 73.2 Å². The van der Waals surface area contributed by atoms with Crippen LogP contribution in [0.15, 0.2) is 11.6 Å². The van der Waals surface area contributed by atoms with Crippen molar-refractivity contribution >= 4 is 11.6 Å². The number of carbonyl (C=O) groups excluding carboxylic acids is 2. The molecule has 0 saturated heterocycles. The summed E-state index contributed by atoms with van der Waals surface area (Å²) in [4.78, 5) is 24.2. The highest BCUT2D eigenvalue weighted by molar-refractivity contribution is 5.91. The fourth-order valence-electron chi connectivity index (χ4n) is 7.33. The van der Waals surface area contributed by atoms with E-state index in [1.54, 1.807) is 0 Å². The van der Waals surface area contributed by atoms with E-state index in [9.17, 15) is 19.8 Å². The standard InChI is InChI=1S/C21H30O4/c1-20-8-7-13(23)9-12(20)3-4-14-15-5-6-16(18(25)11-22)21(15,2)10-17(24)19(14)20/h9,14-17,19,22,24H,3-8,10-11H2,1-2H3/t14?,15?,16?,17-,19?,20?,21?/m0/s1. The third kappa shape index (κ3) is 2.33. The van der Waals surface area contributed by atoms with E-state index in [1.165, 1.54) is 5.57 Å². The number of hydrogen-bond acceptors (Lipinski definition) is 4. The first kappa shape index (κ1) is 17.4. The minimum Gasteiger partial charge on any atom is -0.393 e. The molecule has 0 bridgehead atoms. The highest BCUT2D eigenvalue weighted by Gasteiger charge is 2.62. The molecule has 4 rings (SSSR count). The smallest absolute Gasteiger partial charge is 0.161 e. The molecule has 0 heterocycles. The number of carbonyl (C=O) groups is 2. The van der Waals surface area contributed by atoms with Crippen LogP contribution in [-0.2, 0) is 9.59 Å². The molecule has 0 radical (unpaired) electrons. The van der Waals surface area contributed by atoms with E-state index in [1.807, 2.05) is 6.08 Å². The summed E-state index contributed by atoms with van der Waals surface area (Å²) < 4.78 is 0. The van der Waals surface area contributed by atoms with Gasteiger partial charge < -0.3 is 10.2 Å². The third-order valence-corrected chi connectivity index (χ3v) is 8.44. The predicted octanol–water partition coefficient (Wildman–Crippen LogP) is 2.67. The van der Waals surface area contributed by atoms with Crippen LogP contribution in [0.1, 0.15) is 58.8 Å². The van der Waals surface area contributed by atoms with E-state index < -0.39 is 6.10 Å². The molecule has 0 aliphatic heterocycles. The van der Waals surface area contributed by atoms with Gasteiger partial charge >= 0.3 is 0 Å². The van der Waals surface area contributed by atoms with Crippen molar-refractivity contribution in [2.24, 2.45) is 34.5 Å². The quantitative estimate of drug-likeness (QED) is 0.806. The number of ketones is 2. The molecule has 4 aliphatic rings. The van der Waals surface area contributed by atoms with Crippen molar-refractivity contribution < 1.29 is 19.8 Å². The van der Waals surface area contributed by atoms with Gasteiger partial charge in [0.05, 0.1) is 6.10 Å². The van der Waals surface area contributed by atoms with Gasteiger partial charge in [0.2, 0.25) is 0 Å². The molecule has 4 heteroatoms. The van der Waals surface area contributed by atoms with E-state index in [0.717, 1.165) is 32.1 Å². The molecule has 0 aromatic carbocycles. The lowest BCUT2D eigenvalue weighted by Gasteiger charge is -2.59. The summed E-state index contributed by atoms with van der Waals surface area (Å²) in [6.45, 7) is 4.03. The lowest BCUT2D eigenvalue weighted by Crippen LogP contribution is -2.57. The Kier molecular flexibility index (Phi) is 4.01. The first-order valence-corrected chi connectivity index (χ1v) is 9.87. The summed E-state index contributed by atoms with van der Waals surface area (Å²) >= 11 is 0. The van der Waals surface area contributed by atoms with Crippen LogP contribution < -0.4 is 0 Å². The van der Waals surface area contributed by atoms with Gasteiger partial charge in [-0.25, -0.2) is 0 Å². The first-order valence-electron chi connectivity index (χ1n) is 9.87. The molecular formula is C21H30O4. The van der Waals surface area contributed by atoms with Crippen molar-refractivity contribution in [2.75, 3.05) is 6.61 Å². The van der Waals surface area contributed by atoms with Crippen molar-refractivity contribution in [3.05, 3.63) is 11.6 Å². The average Bonchev–Trinajstić information content (AvgIpc) is 2.91. The van der Waals surface area contributed by atoms with E-state index >= 15 is 0 Å². The molecule has 25 heavy (non-hydrogen) atoms. The second-order valence-corrected chi connectivity index (χ2v) is 9.42. The molecule has 3 saturated carbocycles. The molecule has 138 valence electrons. The number of hydrogen-bond donors (Lipinski definition) is 2. The number of aliphatic hydroxyl groups excluding tert-OH is 2. The predicted molar refractivity (Wildman–Crippen MR) is 93.7 cm³/mol. The largest absolute Gasteiger partial charge is 0.393 e. The van der Waals surface area contributed by atoms with Crippen LogP contribution in [0.4, 0.5) is 0 Å². The lowest BCUT2D eigenvalue weighted by atomic mass is 9.46. The maximum absolute atomic E-state index is 12.3. The van der Waals surface area contributed by atoms with Gasteiger partial charge in [-0.1, -0.05) is 19.4 Å². The van der Waals surface area contributed by atoms with Gasteiger partial charge in [0, 0.05) is 12.3 Å². The highest BCUT2D eigenvalue weighted by atomic mass is 16.3. The number of rotatable bonds is 2. The molecule has 7 atom stereocenters. The van der Waals surface area contributed by atoms with Crippen LogP contribution in [-0.4, -0.2) is 34.5 Å². The molecule has 4 nitrogen and oxygen atoms in total. The number of Topliss-reactive ketones (excluding diaryl/α,β-unsaturated/α-hetero) is 1. The topological polar surface area (TPSA) is 74.6 Å². The van der Waals surface area contributed by atoms with Crippen molar-refractivity contribution in [1.29, 1.82) is 0 Å². The summed E-state index contributed by atoms with van der Waals surface area (Å²) in [5.74, 6) is 1.12. The minimum absolute atomic E-state index is 0.0541. The molecule has 6 unspecified atom stereocenters. The first-order chi connectivity index (χ1) is 11.8. The molecule has 4 aliphatic carbocycles.